The predicted molar refractivity (Wildman–Crippen MR) is 95.2 cm³/mol. The van der Waals surface area contributed by atoms with Crippen LogP contribution in [0.4, 0.5) is 10.5 Å². The average molecular weight is 326 g/mol. The zero-order valence-corrected chi connectivity index (χ0v) is 14.9. The Hall–Kier alpha value is -1.42. The number of carbonyl (C=O) groups is 1. The van der Waals surface area contributed by atoms with Gasteiger partial charge in [-0.1, -0.05) is 26.0 Å². The molecule has 1 N–H and O–H groups in total. The van der Waals surface area contributed by atoms with E-state index in [9.17, 15) is 4.79 Å². The molecule has 2 rings (SSSR count). The maximum Gasteiger partial charge on any atom is 0.317 e. The molecular formula is C17H28ClN3O. The van der Waals surface area contributed by atoms with E-state index < -0.39 is 0 Å². The van der Waals surface area contributed by atoms with Crippen LogP contribution in [0.25, 0.3) is 0 Å². The minimum absolute atomic E-state index is 0. The Bertz CT molecular complexity index is 497. The lowest BCUT2D eigenvalue weighted by atomic mass is 10.1. The van der Waals surface area contributed by atoms with Crippen molar-refractivity contribution in [3.05, 3.63) is 29.3 Å². The molecule has 0 spiro atoms. The number of aryl methyl sites for hydroxylation is 1. The van der Waals surface area contributed by atoms with Gasteiger partial charge in [-0.2, -0.15) is 0 Å². The summed E-state index contributed by atoms with van der Waals surface area (Å²) in [6, 6.07) is 6.51. The van der Waals surface area contributed by atoms with E-state index in [-0.39, 0.29) is 18.4 Å². The van der Waals surface area contributed by atoms with Crippen LogP contribution >= 0.6 is 12.4 Å². The first-order valence-corrected chi connectivity index (χ1v) is 7.83. The Balaban J connectivity index is 0.00000242. The summed E-state index contributed by atoms with van der Waals surface area (Å²) in [4.78, 5) is 16.4. The number of amides is 2. The molecule has 22 heavy (non-hydrogen) atoms. The van der Waals surface area contributed by atoms with Crippen molar-refractivity contribution >= 4 is 24.1 Å². The number of piperazine rings is 1. The van der Waals surface area contributed by atoms with Gasteiger partial charge >= 0.3 is 6.03 Å². The van der Waals surface area contributed by atoms with Gasteiger partial charge in [0, 0.05) is 38.4 Å². The molecule has 0 aliphatic carbocycles. The first kappa shape index (κ1) is 18.6. The number of hydrogen-bond donors (Lipinski definition) is 1. The zero-order chi connectivity index (χ0) is 15.4. The normalized spacial score (nSPS) is 14.8. The lowest BCUT2D eigenvalue weighted by molar-refractivity contribution is 0.193. The second-order valence-electron chi connectivity index (χ2n) is 6.27. The molecule has 1 heterocycles. The Kier molecular flexibility index (Phi) is 7.01. The summed E-state index contributed by atoms with van der Waals surface area (Å²) in [5.41, 5.74) is 3.97. The average Bonchev–Trinajstić information content (AvgIpc) is 2.48. The van der Waals surface area contributed by atoms with E-state index >= 15 is 0 Å². The van der Waals surface area contributed by atoms with E-state index in [0.717, 1.165) is 32.7 Å². The van der Waals surface area contributed by atoms with Crippen molar-refractivity contribution in [3.63, 3.8) is 0 Å². The molecule has 124 valence electrons. The lowest BCUT2D eigenvalue weighted by Gasteiger charge is -2.37. The standard InChI is InChI=1S/C17H27N3O.ClH/c1-13(2)12-18-17(21)20-10-8-19(9-11-20)16-7-5-6-14(3)15(16)4;/h5-7,13H,8-12H2,1-4H3,(H,18,21);1H. The maximum atomic E-state index is 12.1. The fraction of sp³-hybridized carbons (Fsp3) is 0.588. The summed E-state index contributed by atoms with van der Waals surface area (Å²) >= 11 is 0. The van der Waals surface area contributed by atoms with Crippen molar-refractivity contribution in [1.82, 2.24) is 10.2 Å². The van der Waals surface area contributed by atoms with Gasteiger partial charge in [0.05, 0.1) is 0 Å². The molecule has 0 atom stereocenters. The molecule has 0 radical (unpaired) electrons. The predicted octanol–water partition coefficient (Wildman–Crippen LogP) is 3.21. The second kappa shape index (κ2) is 8.28. The summed E-state index contributed by atoms with van der Waals surface area (Å²) in [7, 11) is 0. The van der Waals surface area contributed by atoms with Crippen LogP contribution in [0.15, 0.2) is 18.2 Å². The Morgan fingerprint density at radius 3 is 2.41 bits per heavy atom. The number of hydrogen-bond acceptors (Lipinski definition) is 2. The third-order valence-corrected chi connectivity index (χ3v) is 4.15. The molecule has 0 aromatic heterocycles. The van der Waals surface area contributed by atoms with E-state index in [4.69, 9.17) is 0 Å². The molecule has 1 fully saturated rings. The van der Waals surface area contributed by atoms with Crippen LogP contribution in [0.2, 0.25) is 0 Å². The van der Waals surface area contributed by atoms with Crippen molar-refractivity contribution in [1.29, 1.82) is 0 Å². The third-order valence-electron chi connectivity index (χ3n) is 4.15. The lowest BCUT2D eigenvalue weighted by Crippen LogP contribution is -2.52. The van der Waals surface area contributed by atoms with Crippen molar-refractivity contribution in [3.8, 4) is 0 Å². The van der Waals surface area contributed by atoms with E-state index in [1.807, 2.05) is 4.90 Å². The van der Waals surface area contributed by atoms with Gasteiger partial charge in [-0.15, -0.1) is 12.4 Å². The molecule has 0 saturated carbocycles. The van der Waals surface area contributed by atoms with Crippen LogP contribution in [-0.4, -0.2) is 43.7 Å². The SMILES string of the molecule is Cc1cccc(N2CCN(C(=O)NCC(C)C)CC2)c1C.Cl. The highest BCUT2D eigenvalue weighted by atomic mass is 35.5. The summed E-state index contributed by atoms with van der Waals surface area (Å²) in [6.07, 6.45) is 0. The smallest absolute Gasteiger partial charge is 0.317 e. The fourth-order valence-corrected chi connectivity index (χ4v) is 2.63. The second-order valence-corrected chi connectivity index (χ2v) is 6.27. The number of carbonyl (C=O) groups excluding carboxylic acids is 1. The largest absolute Gasteiger partial charge is 0.368 e. The van der Waals surface area contributed by atoms with Crippen molar-refractivity contribution in [2.75, 3.05) is 37.6 Å². The number of rotatable bonds is 3. The van der Waals surface area contributed by atoms with Gasteiger partial charge in [-0.05, 0) is 37.0 Å². The van der Waals surface area contributed by atoms with Crippen molar-refractivity contribution in [2.45, 2.75) is 27.7 Å². The highest BCUT2D eigenvalue weighted by Gasteiger charge is 2.22. The molecule has 1 aliphatic heterocycles. The monoisotopic (exact) mass is 325 g/mol. The van der Waals surface area contributed by atoms with Gasteiger partial charge in [0.25, 0.3) is 0 Å². The number of urea groups is 1. The van der Waals surface area contributed by atoms with E-state index in [0.29, 0.717) is 5.92 Å². The van der Waals surface area contributed by atoms with E-state index in [2.05, 4.69) is 56.1 Å². The summed E-state index contributed by atoms with van der Waals surface area (Å²) in [5, 5.41) is 3.00. The molecule has 0 bridgehead atoms. The van der Waals surface area contributed by atoms with Crippen molar-refractivity contribution < 1.29 is 4.79 Å². The van der Waals surface area contributed by atoms with Crippen molar-refractivity contribution in [2.24, 2.45) is 5.92 Å². The van der Waals surface area contributed by atoms with Crippen LogP contribution in [0, 0.1) is 19.8 Å². The molecular weight excluding hydrogens is 298 g/mol. The fourth-order valence-electron chi connectivity index (χ4n) is 2.63. The van der Waals surface area contributed by atoms with E-state index in [1.165, 1.54) is 16.8 Å². The number of benzene rings is 1. The molecule has 1 aromatic rings. The molecule has 4 nitrogen and oxygen atoms in total. The van der Waals surface area contributed by atoms with Gasteiger partial charge < -0.3 is 15.1 Å². The Labute approximate surface area is 140 Å². The Morgan fingerprint density at radius 1 is 1.18 bits per heavy atom. The summed E-state index contributed by atoms with van der Waals surface area (Å²) < 4.78 is 0. The van der Waals surface area contributed by atoms with Crippen LogP contribution in [0.1, 0.15) is 25.0 Å². The number of halogens is 1. The summed E-state index contributed by atoms with van der Waals surface area (Å²) in [5.74, 6) is 0.491. The molecule has 1 aromatic carbocycles. The van der Waals surface area contributed by atoms with Gasteiger partial charge in [0.2, 0.25) is 0 Å². The quantitative estimate of drug-likeness (QED) is 0.926. The van der Waals surface area contributed by atoms with Gasteiger partial charge in [-0.25, -0.2) is 4.79 Å². The number of anilines is 1. The number of nitrogens with zero attached hydrogens (tertiary/aromatic N) is 2. The van der Waals surface area contributed by atoms with Gasteiger partial charge in [0.1, 0.15) is 0 Å². The molecule has 1 aliphatic rings. The summed E-state index contributed by atoms with van der Waals surface area (Å²) in [6.45, 7) is 12.7. The van der Waals surface area contributed by atoms with Crippen LogP contribution in [0.5, 0.6) is 0 Å². The molecule has 1 saturated heterocycles. The van der Waals surface area contributed by atoms with Crippen LogP contribution in [0.3, 0.4) is 0 Å². The highest BCUT2D eigenvalue weighted by molar-refractivity contribution is 5.85. The minimum Gasteiger partial charge on any atom is -0.368 e. The molecule has 0 unspecified atom stereocenters. The highest BCUT2D eigenvalue weighted by Crippen LogP contribution is 2.23. The third kappa shape index (κ3) is 4.54. The first-order valence-electron chi connectivity index (χ1n) is 7.83. The maximum absolute atomic E-state index is 12.1. The molecule has 5 heteroatoms. The van der Waals surface area contributed by atoms with Crippen LogP contribution in [-0.2, 0) is 0 Å². The molecule has 2 amide bonds. The van der Waals surface area contributed by atoms with Gasteiger partial charge in [-0.3, -0.25) is 0 Å². The zero-order valence-electron chi connectivity index (χ0n) is 14.1. The Morgan fingerprint density at radius 2 is 1.82 bits per heavy atom. The topological polar surface area (TPSA) is 35.6 Å². The van der Waals surface area contributed by atoms with Gasteiger partial charge in [0.15, 0.2) is 0 Å². The van der Waals surface area contributed by atoms with E-state index in [1.54, 1.807) is 0 Å². The minimum atomic E-state index is 0. The number of nitrogens with one attached hydrogen (secondary N) is 1. The van der Waals surface area contributed by atoms with Crippen LogP contribution < -0.4 is 10.2 Å². The first-order chi connectivity index (χ1) is 9.99.